The van der Waals surface area contributed by atoms with Crippen molar-refractivity contribution in [2.75, 3.05) is 31.9 Å². The van der Waals surface area contributed by atoms with Gasteiger partial charge in [-0.3, -0.25) is 9.56 Å². The molecule has 12 nitrogen and oxygen atoms in total. The molecule has 8 N–H and O–H groups in total. The maximum absolute atomic E-state index is 12.5. The topological polar surface area (TPSA) is 194 Å². The zero-order valence-electron chi connectivity index (χ0n) is 28.7. The van der Waals surface area contributed by atoms with Crippen LogP contribution in [0.2, 0.25) is 0 Å². The van der Waals surface area contributed by atoms with E-state index >= 15 is 0 Å². The summed E-state index contributed by atoms with van der Waals surface area (Å²) in [6.45, 7) is 15.4. The summed E-state index contributed by atoms with van der Waals surface area (Å²) >= 11 is 0. The number of nitrogens with two attached hydrogens (primary N) is 2. The van der Waals surface area contributed by atoms with Crippen LogP contribution in [0.25, 0.3) is 16.7 Å². The van der Waals surface area contributed by atoms with Crippen LogP contribution in [-0.4, -0.2) is 72.1 Å². The van der Waals surface area contributed by atoms with Crippen molar-refractivity contribution in [2.24, 2.45) is 22.4 Å². The number of hydrogen-bond acceptors (Lipinski definition) is 8. The van der Waals surface area contributed by atoms with E-state index in [-0.39, 0.29) is 40.7 Å². The standard InChI is InChI=1S/C21H29N7O2.C14H21NO2S/c1-21(2,3)17-8-14-12-28(20(30)27-18(14)26-17)15-6-4-13(5-7-15)9-24-10-16(29)11-25-19(22)23;1-14(2,3)12-4-6-13(7-5-12)18(16,17)10-11-8-15-9-11/h4-8,12,16,24,29H,9-11H2,1-3H3,(H4,22,23,25)(H,26,27,30);4-7,11,15H,8-10H2,1-3H3. The van der Waals surface area contributed by atoms with Crippen LogP contribution < -0.4 is 27.8 Å². The van der Waals surface area contributed by atoms with Crippen LogP contribution in [0, 0.1) is 5.92 Å². The van der Waals surface area contributed by atoms with Crippen LogP contribution in [0.4, 0.5) is 0 Å². The van der Waals surface area contributed by atoms with Crippen molar-refractivity contribution in [1.29, 1.82) is 0 Å². The van der Waals surface area contributed by atoms with Gasteiger partial charge in [-0.05, 0) is 52.8 Å². The first kappa shape index (κ1) is 36.8. The van der Waals surface area contributed by atoms with Crippen LogP contribution in [0.1, 0.15) is 58.4 Å². The number of aromatic amines is 1. The molecule has 1 atom stereocenters. The van der Waals surface area contributed by atoms with Gasteiger partial charge in [-0.2, -0.15) is 4.98 Å². The van der Waals surface area contributed by atoms with Gasteiger partial charge in [0.25, 0.3) is 0 Å². The Morgan fingerprint density at radius 2 is 1.69 bits per heavy atom. The fourth-order valence-corrected chi connectivity index (χ4v) is 6.65. The number of hydrogen-bond donors (Lipinski definition) is 6. The third-order valence-electron chi connectivity index (χ3n) is 8.12. The number of fused-ring (bicyclic) bond motifs is 1. The number of guanidine groups is 1. The predicted molar refractivity (Wildman–Crippen MR) is 192 cm³/mol. The maximum Gasteiger partial charge on any atom is 0.354 e. The number of nitrogens with one attached hydrogen (secondary N) is 3. The van der Waals surface area contributed by atoms with Crippen LogP contribution in [0.15, 0.2) is 75.5 Å². The SMILES string of the molecule is CC(C)(C)c1cc2cn(-c3ccc(CNCC(O)CN=C(N)N)cc3)c(=O)nc2[nH]1.CC(C)(C)c1ccc(S(=O)(=O)CC2CNC2)cc1. The quantitative estimate of drug-likeness (QED) is 0.108. The maximum atomic E-state index is 12.5. The lowest BCUT2D eigenvalue weighted by atomic mass is 9.87. The van der Waals surface area contributed by atoms with Gasteiger partial charge in [-0.25, -0.2) is 13.2 Å². The number of rotatable bonds is 10. The molecule has 260 valence electrons. The largest absolute Gasteiger partial charge is 0.390 e. The van der Waals surface area contributed by atoms with E-state index in [9.17, 15) is 18.3 Å². The molecule has 1 aliphatic rings. The minimum absolute atomic E-state index is 0.0400. The summed E-state index contributed by atoms with van der Waals surface area (Å²) in [6, 6.07) is 17.0. The molecule has 1 aliphatic heterocycles. The third kappa shape index (κ3) is 9.99. The monoisotopic (exact) mass is 678 g/mol. The Hall–Kier alpha value is -4.04. The van der Waals surface area contributed by atoms with Crippen LogP contribution in [-0.2, 0) is 27.2 Å². The highest BCUT2D eigenvalue weighted by Crippen LogP contribution is 2.26. The molecule has 5 rings (SSSR count). The molecule has 2 aromatic carbocycles. The zero-order chi connectivity index (χ0) is 35.3. The Morgan fingerprint density at radius 3 is 2.23 bits per heavy atom. The van der Waals surface area contributed by atoms with Crippen molar-refractivity contribution in [2.45, 2.75) is 69.9 Å². The van der Waals surface area contributed by atoms with Crippen molar-refractivity contribution in [3.05, 3.63) is 88.1 Å². The van der Waals surface area contributed by atoms with E-state index in [1.807, 2.05) is 48.7 Å². The lowest BCUT2D eigenvalue weighted by Crippen LogP contribution is -2.45. The minimum atomic E-state index is -3.12. The van der Waals surface area contributed by atoms with Gasteiger partial charge in [0.05, 0.1) is 29.0 Å². The number of sulfone groups is 1. The van der Waals surface area contributed by atoms with Gasteiger partial charge in [0.1, 0.15) is 5.65 Å². The van der Waals surface area contributed by atoms with Crippen LogP contribution >= 0.6 is 0 Å². The van der Waals surface area contributed by atoms with Crippen LogP contribution in [0.3, 0.4) is 0 Å². The zero-order valence-corrected chi connectivity index (χ0v) is 29.6. The molecular weight excluding hydrogens is 629 g/mol. The molecule has 4 aromatic rings. The number of aliphatic hydroxyl groups excluding tert-OH is 1. The first-order chi connectivity index (χ1) is 22.4. The van der Waals surface area contributed by atoms with Gasteiger partial charge in [0.2, 0.25) is 0 Å². The van der Waals surface area contributed by atoms with Crippen molar-refractivity contribution < 1.29 is 13.5 Å². The van der Waals surface area contributed by atoms with Gasteiger partial charge >= 0.3 is 5.69 Å². The first-order valence-corrected chi connectivity index (χ1v) is 17.8. The smallest absolute Gasteiger partial charge is 0.354 e. The summed E-state index contributed by atoms with van der Waals surface area (Å²) in [6.07, 6.45) is 1.14. The number of aromatic nitrogens is 3. The normalized spacial score (nSPS) is 14.6. The summed E-state index contributed by atoms with van der Waals surface area (Å²) in [5.41, 5.74) is 14.7. The van der Waals surface area contributed by atoms with Crippen molar-refractivity contribution in [3.8, 4) is 5.69 Å². The van der Waals surface area contributed by atoms with Crippen molar-refractivity contribution >= 4 is 26.8 Å². The molecule has 0 saturated carbocycles. The molecule has 0 spiro atoms. The first-order valence-electron chi connectivity index (χ1n) is 16.1. The highest BCUT2D eigenvalue weighted by Gasteiger charge is 2.26. The molecule has 13 heteroatoms. The Balaban J connectivity index is 0.000000246. The lowest BCUT2D eigenvalue weighted by molar-refractivity contribution is 0.180. The molecule has 3 heterocycles. The Kier molecular flexibility index (Phi) is 11.5. The molecular formula is C35H50N8O4S. The second-order valence-corrected chi connectivity index (χ2v) is 16.5. The minimum Gasteiger partial charge on any atom is -0.390 e. The van der Waals surface area contributed by atoms with Gasteiger partial charge in [0.15, 0.2) is 15.8 Å². The predicted octanol–water partition coefficient (Wildman–Crippen LogP) is 2.71. The van der Waals surface area contributed by atoms with Gasteiger partial charge in [-0.1, -0.05) is 65.8 Å². The number of nitrogens with zero attached hydrogens (tertiary/aromatic N) is 3. The molecule has 48 heavy (non-hydrogen) atoms. The molecule has 1 fully saturated rings. The number of aliphatic imine (C=N–C) groups is 1. The highest BCUT2D eigenvalue weighted by molar-refractivity contribution is 7.91. The summed E-state index contributed by atoms with van der Waals surface area (Å²) in [7, 11) is -3.12. The van der Waals surface area contributed by atoms with E-state index in [4.69, 9.17) is 11.5 Å². The van der Waals surface area contributed by atoms with Crippen molar-refractivity contribution in [3.63, 3.8) is 0 Å². The Morgan fingerprint density at radius 1 is 1.04 bits per heavy atom. The average molecular weight is 679 g/mol. The highest BCUT2D eigenvalue weighted by atomic mass is 32.2. The van der Waals surface area contributed by atoms with Crippen LogP contribution in [0.5, 0.6) is 0 Å². The van der Waals surface area contributed by atoms with Gasteiger partial charge in [0, 0.05) is 48.9 Å². The molecule has 0 radical (unpaired) electrons. The van der Waals surface area contributed by atoms with E-state index in [0.29, 0.717) is 23.6 Å². The van der Waals surface area contributed by atoms with E-state index in [1.54, 1.807) is 16.7 Å². The van der Waals surface area contributed by atoms with Gasteiger partial charge in [-0.15, -0.1) is 0 Å². The Bertz CT molecular complexity index is 1860. The Labute approximate surface area is 283 Å². The number of H-pyrrole nitrogens is 1. The second-order valence-electron chi connectivity index (χ2n) is 14.4. The van der Waals surface area contributed by atoms with E-state index in [1.165, 1.54) is 0 Å². The average Bonchev–Trinajstić information content (AvgIpc) is 3.42. The van der Waals surface area contributed by atoms with Crippen molar-refractivity contribution in [1.82, 2.24) is 25.2 Å². The van der Waals surface area contributed by atoms with Gasteiger partial charge < -0.3 is 32.2 Å². The number of aliphatic hydroxyl groups is 1. The number of benzene rings is 2. The fourth-order valence-electron chi connectivity index (χ4n) is 5.05. The summed E-state index contributed by atoms with van der Waals surface area (Å²) in [5, 5.41) is 16.9. The van der Waals surface area contributed by atoms with E-state index < -0.39 is 15.9 Å². The van der Waals surface area contributed by atoms with E-state index in [0.717, 1.165) is 41.0 Å². The summed E-state index contributed by atoms with van der Waals surface area (Å²) in [5.74, 6) is 0.494. The molecule has 1 unspecified atom stereocenters. The fraction of sp³-hybridized carbons (Fsp3) is 0.457. The molecule has 2 aromatic heterocycles. The molecule has 1 saturated heterocycles. The molecule has 0 bridgehead atoms. The van der Waals surface area contributed by atoms with E-state index in [2.05, 4.69) is 67.1 Å². The lowest BCUT2D eigenvalue weighted by Gasteiger charge is -2.26. The summed E-state index contributed by atoms with van der Waals surface area (Å²) < 4.78 is 25.9. The third-order valence-corrected chi connectivity index (χ3v) is 10.0. The molecule has 0 aliphatic carbocycles. The summed E-state index contributed by atoms with van der Waals surface area (Å²) in [4.78, 5) is 24.2. The molecule has 0 amide bonds. The second kappa shape index (κ2) is 15.0.